The van der Waals surface area contributed by atoms with Gasteiger partial charge < -0.3 is 25.5 Å². The van der Waals surface area contributed by atoms with E-state index in [0.29, 0.717) is 46.4 Å². The van der Waals surface area contributed by atoms with Crippen LogP contribution >= 0.6 is 0 Å². The largest absolute Gasteiger partial charge is 0.364 e. The number of amides is 1. The number of carbonyl (C=O) groups is 1. The number of aromatic amines is 1. The Balaban J connectivity index is 1.36. The van der Waals surface area contributed by atoms with Crippen LogP contribution in [0.2, 0.25) is 0 Å². The van der Waals surface area contributed by atoms with Gasteiger partial charge in [-0.1, -0.05) is 20.8 Å². The first-order chi connectivity index (χ1) is 19.7. The number of aromatic nitrogens is 6. The highest BCUT2D eigenvalue weighted by Crippen LogP contribution is 2.33. The Morgan fingerprint density at radius 3 is 2.83 bits per heavy atom. The first-order valence-electron chi connectivity index (χ1n) is 13.1. The number of aryl methyl sites for hydroxylation is 1. The molecular formula is C29H29FN10O. The molecule has 0 saturated heterocycles. The minimum Gasteiger partial charge on any atom is -0.364 e. The van der Waals surface area contributed by atoms with Gasteiger partial charge in [0, 0.05) is 30.6 Å². The molecule has 0 spiro atoms. The van der Waals surface area contributed by atoms with Gasteiger partial charge in [-0.2, -0.15) is 0 Å². The van der Waals surface area contributed by atoms with Gasteiger partial charge in [0.05, 0.1) is 47.1 Å². The summed E-state index contributed by atoms with van der Waals surface area (Å²) in [7, 11) is 0. The SMILES string of the molecule is Cc1cn(C2=CC=CNc3nc(C4=NCNc5cnc(-c6cncc(NC(=O)CC(C)(C)C)c6)c(F)c54)[nH]c32)cn1. The van der Waals surface area contributed by atoms with E-state index in [4.69, 9.17) is 4.98 Å². The van der Waals surface area contributed by atoms with Crippen LogP contribution in [0.1, 0.15) is 50.0 Å². The summed E-state index contributed by atoms with van der Waals surface area (Å²) in [5.74, 6) is 0.260. The maximum absolute atomic E-state index is 16.3. The Labute approximate surface area is 235 Å². The number of nitrogens with zero attached hydrogens (tertiary/aromatic N) is 6. The number of halogens is 1. The lowest BCUT2D eigenvalue weighted by molar-refractivity contribution is -0.117. The second-order valence-corrected chi connectivity index (χ2v) is 11.1. The highest BCUT2D eigenvalue weighted by molar-refractivity contribution is 6.16. The number of hydrogen-bond acceptors (Lipinski definition) is 8. The summed E-state index contributed by atoms with van der Waals surface area (Å²) in [5.41, 5.74) is 4.31. The van der Waals surface area contributed by atoms with E-state index in [1.165, 1.54) is 12.4 Å². The number of carbonyl (C=O) groups excluding carboxylic acids is 1. The molecule has 0 fully saturated rings. The molecule has 6 rings (SSSR count). The van der Waals surface area contributed by atoms with Gasteiger partial charge in [0.25, 0.3) is 0 Å². The number of imidazole rings is 2. The minimum atomic E-state index is -0.575. The molecule has 0 saturated carbocycles. The van der Waals surface area contributed by atoms with Gasteiger partial charge >= 0.3 is 0 Å². The molecule has 0 radical (unpaired) electrons. The number of H-pyrrole nitrogens is 1. The maximum atomic E-state index is 16.3. The van der Waals surface area contributed by atoms with Crippen molar-refractivity contribution in [2.75, 3.05) is 22.6 Å². The molecule has 11 nitrogen and oxygen atoms in total. The van der Waals surface area contributed by atoms with Crippen molar-refractivity contribution in [3.8, 4) is 11.3 Å². The van der Waals surface area contributed by atoms with E-state index < -0.39 is 5.82 Å². The summed E-state index contributed by atoms with van der Waals surface area (Å²) in [4.78, 5) is 38.1. The van der Waals surface area contributed by atoms with Crippen molar-refractivity contribution >= 4 is 34.5 Å². The number of nitrogens with one attached hydrogen (secondary N) is 4. The third-order valence-corrected chi connectivity index (χ3v) is 6.49. The molecule has 4 aromatic rings. The normalized spacial score (nSPS) is 14.2. The summed E-state index contributed by atoms with van der Waals surface area (Å²) in [6, 6.07) is 1.66. The number of aliphatic imine (C=N–C) groups is 1. The van der Waals surface area contributed by atoms with Crippen LogP contribution in [0, 0.1) is 18.2 Å². The van der Waals surface area contributed by atoms with Gasteiger partial charge in [-0.3, -0.25) is 19.8 Å². The lowest BCUT2D eigenvalue weighted by Gasteiger charge is -2.19. The number of hydrogen-bond donors (Lipinski definition) is 4. The van der Waals surface area contributed by atoms with Crippen LogP contribution in [0.15, 0.2) is 60.5 Å². The van der Waals surface area contributed by atoms with Crippen molar-refractivity contribution in [2.24, 2.45) is 10.4 Å². The Kier molecular flexibility index (Phi) is 6.45. The summed E-state index contributed by atoms with van der Waals surface area (Å²) in [5, 5.41) is 9.12. The molecule has 12 heteroatoms. The smallest absolute Gasteiger partial charge is 0.224 e. The van der Waals surface area contributed by atoms with Gasteiger partial charge in [0.2, 0.25) is 5.91 Å². The number of rotatable bonds is 5. The quantitative estimate of drug-likeness (QED) is 0.275. The zero-order chi connectivity index (χ0) is 28.7. The van der Waals surface area contributed by atoms with Crippen LogP contribution in [0.3, 0.4) is 0 Å². The van der Waals surface area contributed by atoms with Crippen LogP contribution in [0.25, 0.3) is 17.0 Å². The van der Waals surface area contributed by atoms with E-state index in [0.717, 1.165) is 11.4 Å². The van der Waals surface area contributed by atoms with E-state index >= 15 is 4.39 Å². The Morgan fingerprint density at radius 1 is 1.20 bits per heavy atom. The Hall–Kier alpha value is -5.13. The second kappa shape index (κ2) is 10.1. The molecule has 0 unspecified atom stereocenters. The zero-order valence-electron chi connectivity index (χ0n) is 23.1. The predicted molar refractivity (Wildman–Crippen MR) is 156 cm³/mol. The van der Waals surface area contributed by atoms with Gasteiger partial charge in [-0.05, 0) is 30.6 Å². The predicted octanol–water partition coefficient (Wildman–Crippen LogP) is 4.93. The molecule has 2 aliphatic rings. The third kappa shape index (κ3) is 5.23. The molecule has 1 amide bonds. The molecule has 4 aromatic heterocycles. The lowest BCUT2D eigenvalue weighted by atomic mass is 9.92. The van der Waals surface area contributed by atoms with Crippen LogP contribution in [0.4, 0.5) is 21.6 Å². The fourth-order valence-corrected chi connectivity index (χ4v) is 4.75. The van der Waals surface area contributed by atoms with E-state index in [-0.39, 0.29) is 29.2 Å². The van der Waals surface area contributed by atoms with Crippen molar-refractivity contribution in [1.82, 2.24) is 29.5 Å². The number of fused-ring (bicyclic) bond motifs is 2. The Bertz CT molecular complexity index is 1760. The van der Waals surface area contributed by atoms with E-state index in [2.05, 4.69) is 40.9 Å². The monoisotopic (exact) mass is 552 g/mol. The van der Waals surface area contributed by atoms with Gasteiger partial charge in [0.15, 0.2) is 17.5 Å². The average molecular weight is 553 g/mol. The van der Waals surface area contributed by atoms with Gasteiger partial charge in [-0.25, -0.2) is 14.4 Å². The Morgan fingerprint density at radius 2 is 2.05 bits per heavy atom. The van der Waals surface area contributed by atoms with Crippen molar-refractivity contribution in [1.29, 1.82) is 0 Å². The molecule has 0 atom stereocenters. The standard InChI is InChI=1S/C29H29FN10O/c1-16-13-40(15-36-16)20-6-5-7-32-27-25(20)38-28(39-27)26-22-19(34-14-35-26)12-33-24(23(22)30)17-8-18(11-31-10-17)37-21(41)9-29(2,3)4/h5-8,10-13,15,32,34H,9,14H2,1-4H3,(H,37,41)(H,38,39). The van der Waals surface area contributed by atoms with Crippen LogP contribution in [-0.2, 0) is 4.79 Å². The molecule has 0 aromatic carbocycles. The van der Waals surface area contributed by atoms with Crippen LogP contribution in [0.5, 0.6) is 0 Å². The van der Waals surface area contributed by atoms with Crippen molar-refractivity contribution in [3.63, 3.8) is 0 Å². The number of pyridine rings is 2. The van der Waals surface area contributed by atoms with Gasteiger partial charge in [-0.15, -0.1) is 0 Å². The van der Waals surface area contributed by atoms with Crippen molar-refractivity contribution in [3.05, 3.63) is 84.1 Å². The van der Waals surface area contributed by atoms with E-state index in [9.17, 15) is 4.79 Å². The topological polar surface area (TPSA) is 138 Å². The van der Waals surface area contributed by atoms with Crippen molar-refractivity contribution in [2.45, 2.75) is 34.1 Å². The molecule has 41 heavy (non-hydrogen) atoms. The van der Waals surface area contributed by atoms with Crippen molar-refractivity contribution < 1.29 is 9.18 Å². The van der Waals surface area contributed by atoms with E-state index in [1.807, 2.05) is 50.6 Å². The molecular weight excluding hydrogens is 523 g/mol. The molecule has 0 bridgehead atoms. The second-order valence-electron chi connectivity index (χ2n) is 11.1. The summed E-state index contributed by atoms with van der Waals surface area (Å²) < 4.78 is 18.2. The first kappa shape index (κ1) is 26.1. The van der Waals surface area contributed by atoms with E-state index in [1.54, 1.807) is 24.8 Å². The molecule has 0 aliphatic carbocycles. The van der Waals surface area contributed by atoms with Crippen LogP contribution in [-0.4, -0.2) is 47.8 Å². The molecule has 2 aliphatic heterocycles. The maximum Gasteiger partial charge on any atom is 0.224 e. The summed E-state index contributed by atoms with van der Waals surface area (Å²) >= 11 is 0. The summed E-state index contributed by atoms with van der Waals surface area (Å²) in [6.07, 6.45) is 14.2. The summed E-state index contributed by atoms with van der Waals surface area (Å²) in [6.45, 7) is 8.12. The van der Waals surface area contributed by atoms with Gasteiger partial charge in [0.1, 0.15) is 23.8 Å². The first-order valence-corrected chi connectivity index (χ1v) is 13.1. The zero-order valence-corrected chi connectivity index (χ0v) is 23.1. The lowest BCUT2D eigenvalue weighted by Crippen LogP contribution is -2.21. The fraction of sp³-hybridized carbons (Fsp3) is 0.241. The van der Waals surface area contributed by atoms with Crippen LogP contribution < -0.4 is 16.0 Å². The number of anilines is 3. The molecule has 4 N–H and O–H groups in total. The minimum absolute atomic E-state index is 0.0863. The molecule has 6 heterocycles. The average Bonchev–Trinajstić information content (AvgIpc) is 3.49. The fourth-order valence-electron chi connectivity index (χ4n) is 4.75. The number of allylic oxidation sites excluding steroid dienone is 2. The molecule has 208 valence electrons. The third-order valence-electron chi connectivity index (χ3n) is 6.49. The highest BCUT2D eigenvalue weighted by Gasteiger charge is 2.28. The highest BCUT2D eigenvalue weighted by atomic mass is 19.1.